The third-order valence-electron chi connectivity index (χ3n) is 4.69. The zero-order valence-electron chi connectivity index (χ0n) is 13.8. The maximum atomic E-state index is 6.22. The van der Waals surface area contributed by atoms with Crippen molar-refractivity contribution >= 4 is 17.3 Å². The van der Waals surface area contributed by atoms with Crippen molar-refractivity contribution in [3.05, 3.63) is 28.8 Å². The molecule has 0 amide bonds. The van der Waals surface area contributed by atoms with Gasteiger partial charge in [0.15, 0.2) is 0 Å². The second kappa shape index (κ2) is 7.51. The molecule has 0 saturated carbocycles. The van der Waals surface area contributed by atoms with Gasteiger partial charge in [-0.15, -0.1) is 0 Å². The van der Waals surface area contributed by atoms with Crippen LogP contribution < -0.4 is 10.2 Å². The van der Waals surface area contributed by atoms with Gasteiger partial charge in [-0.05, 0) is 61.9 Å². The van der Waals surface area contributed by atoms with Crippen LogP contribution in [0.1, 0.15) is 46.1 Å². The first-order chi connectivity index (χ1) is 10.0. The third-order valence-corrected chi connectivity index (χ3v) is 4.93. The van der Waals surface area contributed by atoms with Gasteiger partial charge in [0.05, 0.1) is 0 Å². The molecule has 1 aromatic rings. The summed E-state index contributed by atoms with van der Waals surface area (Å²) in [5, 5.41) is 4.34. The molecule has 3 heteroatoms. The van der Waals surface area contributed by atoms with E-state index < -0.39 is 0 Å². The lowest BCUT2D eigenvalue weighted by molar-refractivity contribution is 0.296. The maximum absolute atomic E-state index is 6.22. The second-order valence-corrected chi connectivity index (χ2v) is 7.10. The van der Waals surface area contributed by atoms with Gasteiger partial charge < -0.3 is 10.2 Å². The van der Waals surface area contributed by atoms with Crippen molar-refractivity contribution in [1.29, 1.82) is 0 Å². The Hall–Kier alpha value is -0.730. The fourth-order valence-electron chi connectivity index (χ4n) is 3.41. The van der Waals surface area contributed by atoms with E-state index in [1.54, 1.807) is 0 Å². The van der Waals surface area contributed by atoms with Crippen molar-refractivity contribution < 1.29 is 0 Å². The molecule has 2 nitrogen and oxygen atoms in total. The smallest absolute Gasteiger partial charge is 0.0415 e. The molecular weight excluding hydrogens is 280 g/mol. The number of hydrogen-bond donors (Lipinski definition) is 1. The molecule has 1 aliphatic rings. The zero-order chi connectivity index (χ0) is 15.4. The highest BCUT2D eigenvalue weighted by Gasteiger charge is 2.29. The van der Waals surface area contributed by atoms with Crippen LogP contribution in [-0.4, -0.2) is 19.1 Å². The highest BCUT2D eigenvalue weighted by atomic mass is 35.5. The average Bonchev–Trinajstić information content (AvgIpc) is 2.44. The minimum atomic E-state index is 0.590. The Labute approximate surface area is 134 Å². The molecule has 1 aromatic carbocycles. The summed E-state index contributed by atoms with van der Waals surface area (Å²) in [6, 6.07) is 6.94. The predicted octanol–water partition coefficient (Wildman–Crippen LogP) is 4.71. The first-order valence-corrected chi connectivity index (χ1v) is 8.66. The van der Waals surface area contributed by atoms with Crippen LogP contribution in [0.25, 0.3) is 0 Å². The highest BCUT2D eigenvalue weighted by Crippen LogP contribution is 2.34. The van der Waals surface area contributed by atoms with Gasteiger partial charge in [-0.2, -0.15) is 0 Å². The van der Waals surface area contributed by atoms with E-state index >= 15 is 0 Å². The van der Waals surface area contributed by atoms with Gasteiger partial charge in [-0.25, -0.2) is 0 Å². The van der Waals surface area contributed by atoms with Gasteiger partial charge in [0.2, 0.25) is 0 Å². The molecule has 1 fully saturated rings. The Balaban J connectivity index is 2.24. The third kappa shape index (κ3) is 4.14. The second-order valence-electron chi connectivity index (χ2n) is 6.66. The minimum Gasteiger partial charge on any atom is -0.368 e. The van der Waals surface area contributed by atoms with Gasteiger partial charge in [0, 0.05) is 29.8 Å². The van der Waals surface area contributed by atoms with Crippen molar-refractivity contribution in [2.45, 2.75) is 53.1 Å². The van der Waals surface area contributed by atoms with Crippen LogP contribution in [-0.2, 0) is 6.54 Å². The largest absolute Gasteiger partial charge is 0.368 e. The Kier molecular flexibility index (Phi) is 5.95. The first-order valence-electron chi connectivity index (χ1n) is 8.28. The lowest BCUT2D eigenvalue weighted by atomic mass is 9.85. The van der Waals surface area contributed by atoms with Gasteiger partial charge >= 0.3 is 0 Å². The molecular formula is C18H29ClN2. The van der Waals surface area contributed by atoms with E-state index in [2.05, 4.69) is 50.0 Å². The predicted molar refractivity (Wildman–Crippen MR) is 93.2 cm³/mol. The molecule has 0 radical (unpaired) electrons. The number of anilines is 1. The molecule has 21 heavy (non-hydrogen) atoms. The van der Waals surface area contributed by atoms with Crippen LogP contribution in [0.3, 0.4) is 0 Å². The molecule has 2 rings (SSSR count). The van der Waals surface area contributed by atoms with Crippen LogP contribution in [0, 0.1) is 11.8 Å². The number of hydrogen-bond acceptors (Lipinski definition) is 2. The topological polar surface area (TPSA) is 15.3 Å². The van der Waals surface area contributed by atoms with E-state index in [4.69, 9.17) is 11.6 Å². The molecule has 0 aliphatic carbocycles. The van der Waals surface area contributed by atoms with Gasteiger partial charge in [-0.1, -0.05) is 32.4 Å². The number of nitrogens with one attached hydrogen (secondary N) is 1. The Morgan fingerprint density at radius 1 is 1.29 bits per heavy atom. The lowest BCUT2D eigenvalue weighted by Crippen LogP contribution is -2.46. The summed E-state index contributed by atoms with van der Waals surface area (Å²) >= 11 is 6.22. The average molecular weight is 309 g/mol. The van der Waals surface area contributed by atoms with E-state index in [0.717, 1.165) is 42.9 Å². The SMILES string of the molecule is CCCNCc1cc(Cl)ccc1N1CC(C)CC(C)C1C. The van der Waals surface area contributed by atoms with E-state index in [1.807, 2.05) is 6.07 Å². The summed E-state index contributed by atoms with van der Waals surface area (Å²) in [5.74, 6) is 1.49. The van der Waals surface area contributed by atoms with Crippen LogP contribution in [0.2, 0.25) is 5.02 Å². The van der Waals surface area contributed by atoms with Crippen molar-refractivity contribution in [3.8, 4) is 0 Å². The molecule has 1 saturated heterocycles. The zero-order valence-corrected chi connectivity index (χ0v) is 14.6. The van der Waals surface area contributed by atoms with E-state index in [1.165, 1.54) is 17.7 Å². The van der Waals surface area contributed by atoms with Crippen LogP contribution in [0.4, 0.5) is 5.69 Å². The van der Waals surface area contributed by atoms with Crippen molar-refractivity contribution in [3.63, 3.8) is 0 Å². The van der Waals surface area contributed by atoms with Crippen molar-refractivity contribution in [1.82, 2.24) is 5.32 Å². The summed E-state index contributed by atoms with van der Waals surface area (Å²) in [4.78, 5) is 2.58. The standard InChI is InChI=1S/C18H29ClN2/c1-5-8-20-11-16-10-17(19)6-7-18(16)21-12-13(2)9-14(3)15(21)4/h6-7,10,13-15,20H,5,8-9,11-12H2,1-4H3. The molecule has 3 unspecified atom stereocenters. The molecule has 118 valence electrons. The summed E-state index contributed by atoms with van der Waals surface area (Å²) in [7, 11) is 0. The van der Waals surface area contributed by atoms with Gasteiger partial charge in [0.25, 0.3) is 0 Å². The Morgan fingerprint density at radius 3 is 2.76 bits per heavy atom. The van der Waals surface area contributed by atoms with Gasteiger partial charge in [0.1, 0.15) is 0 Å². The van der Waals surface area contributed by atoms with E-state index in [-0.39, 0.29) is 0 Å². The van der Waals surface area contributed by atoms with Gasteiger partial charge in [-0.3, -0.25) is 0 Å². The van der Waals surface area contributed by atoms with Crippen LogP contribution in [0.15, 0.2) is 18.2 Å². The molecule has 1 aliphatic heterocycles. The Bertz CT molecular complexity index is 461. The lowest BCUT2D eigenvalue weighted by Gasteiger charge is -2.43. The van der Waals surface area contributed by atoms with Crippen LogP contribution in [0.5, 0.6) is 0 Å². The summed E-state index contributed by atoms with van der Waals surface area (Å²) in [6.07, 6.45) is 2.48. The summed E-state index contributed by atoms with van der Waals surface area (Å²) < 4.78 is 0. The number of benzene rings is 1. The number of piperidine rings is 1. The molecule has 0 spiro atoms. The van der Waals surface area contributed by atoms with E-state index in [9.17, 15) is 0 Å². The quantitative estimate of drug-likeness (QED) is 0.792. The first kappa shape index (κ1) is 16.6. The molecule has 1 N–H and O–H groups in total. The number of nitrogens with zero attached hydrogens (tertiary/aromatic N) is 1. The summed E-state index contributed by atoms with van der Waals surface area (Å²) in [6.45, 7) is 12.4. The normalized spacial score (nSPS) is 26.1. The number of rotatable bonds is 5. The van der Waals surface area contributed by atoms with Crippen molar-refractivity contribution in [2.24, 2.45) is 11.8 Å². The monoisotopic (exact) mass is 308 g/mol. The minimum absolute atomic E-state index is 0.590. The highest BCUT2D eigenvalue weighted by molar-refractivity contribution is 6.30. The molecule has 1 heterocycles. The number of halogens is 1. The van der Waals surface area contributed by atoms with Crippen molar-refractivity contribution in [2.75, 3.05) is 18.0 Å². The van der Waals surface area contributed by atoms with E-state index in [0.29, 0.717) is 6.04 Å². The molecule has 3 atom stereocenters. The molecule has 0 bridgehead atoms. The van der Waals surface area contributed by atoms with Crippen LogP contribution >= 0.6 is 11.6 Å². The Morgan fingerprint density at radius 2 is 2.05 bits per heavy atom. The molecule has 0 aromatic heterocycles. The fraction of sp³-hybridized carbons (Fsp3) is 0.667. The fourth-order valence-corrected chi connectivity index (χ4v) is 3.60. The maximum Gasteiger partial charge on any atom is 0.0415 e. The summed E-state index contributed by atoms with van der Waals surface area (Å²) in [5.41, 5.74) is 2.68.